The average Bonchev–Trinajstić information content (AvgIpc) is 3.23. The van der Waals surface area contributed by atoms with Gasteiger partial charge in [-0.05, 0) is 43.5 Å². The molecule has 1 aromatic heterocycles. The summed E-state index contributed by atoms with van der Waals surface area (Å²) in [6, 6.07) is 12.2. The van der Waals surface area contributed by atoms with Crippen LogP contribution in [-0.2, 0) is 22.7 Å². The van der Waals surface area contributed by atoms with E-state index in [2.05, 4.69) is 10.6 Å². The van der Waals surface area contributed by atoms with E-state index in [4.69, 9.17) is 11.6 Å². The first kappa shape index (κ1) is 23.4. The summed E-state index contributed by atoms with van der Waals surface area (Å²) in [4.78, 5) is 29.3. The number of carbonyl (C=O) groups is 2. The summed E-state index contributed by atoms with van der Waals surface area (Å²) in [5.41, 5.74) is 2.14. The van der Waals surface area contributed by atoms with Crippen molar-refractivity contribution in [2.45, 2.75) is 71.5 Å². The second-order valence-corrected chi connectivity index (χ2v) is 8.70. The standard InChI is InChI=1S/C25H34ClN3O2/c1-3-24(30)27(4-2)19-25(31)29(21-12-6-5-7-13-21)18-22-14-10-16-28(22)17-20-11-8-9-15-23(20)26/h8-11,14-16,21H,3-7,12-13,17-19H2,1-2H3. The van der Waals surface area contributed by atoms with E-state index >= 15 is 0 Å². The van der Waals surface area contributed by atoms with Gasteiger partial charge in [-0.15, -0.1) is 0 Å². The van der Waals surface area contributed by atoms with Gasteiger partial charge >= 0.3 is 0 Å². The largest absolute Gasteiger partial charge is 0.345 e. The van der Waals surface area contributed by atoms with Crippen molar-refractivity contribution in [3.05, 3.63) is 58.9 Å². The molecule has 168 valence electrons. The fourth-order valence-corrected chi connectivity index (χ4v) is 4.60. The van der Waals surface area contributed by atoms with Gasteiger partial charge in [0, 0.05) is 42.5 Å². The number of hydrogen-bond acceptors (Lipinski definition) is 2. The molecule has 3 rings (SSSR count). The Hall–Kier alpha value is -2.27. The number of carbonyl (C=O) groups excluding carboxylic acids is 2. The molecule has 0 atom stereocenters. The Morgan fingerprint density at radius 2 is 1.77 bits per heavy atom. The molecule has 0 N–H and O–H groups in total. The third-order valence-corrected chi connectivity index (χ3v) is 6.62. The van der Waals surface area contributed by atoms with Crippen molar-refractivity contribution in [1.82, 2.24) is 14.4 Å². The molecule has 0 unspecified atom stereocenters. The third-order valence-electron chi connectivity index (χ3n) is 6.25. The molecule has 31 heavy (non-hydrogen) atoms. The minimum atomic E-state index is 0.0292. The summed E-state index contributed by atoms with van der Waals surface area (Å²) in [6.45, 7) is 5.71. The van der Waals surface area contributed by atoms with E-state index < -0.39 is 0 Å². The maximum absolute atomic E-state index is 13.4. The van der Waals surface area contributed by atoms with Gasteiger partial charge in [-0.3, -0.25) is 9.59 Å². The van der Waals surface area contributed by atoms with Crippen LogP contribution in [0, 0.1) is 0 Å². The highest BCUT2D eigenvalue weighted by molar-refractivity contribution is 6.31. The molecule has 1 heterocycles. The van der Waals surface area contributed by atoms with Gasteiger partial charge in [0.05, 0.1) is 13.1 Å². The fourth-order valence-electron chi connectivity index (χ4n) is 4.40. The lowest BCUT2D eigenvalue weighted by molar-refractivity contribution is -0.142. The first-order chi connectivity index (χ1) is 15.0. The number of likely N-dealkylation sites (N-methyl/N-ethyl adjacent to an activating group) is 1. The van der Waals surface area contributed by atoms with Crippen LogP contribution in [-0.4, -0.2) is 45.3 Å². The normalized spacial score (nSPS) is 14.4. The zero-order valence-electron chi connectivity index (χ0n) is 18.7. The first-order valence-corrected chi connectivity index (χ1v) is 11.9. The van der Waals surface area contributed by atoms with Gasteiger partial charge in [-0.25, -0.2) is 0 Å². The molecule has 0 bridgehead atoms. The summed E-state index contributed by atoms with van der Waals surface area (Å²) in [5.74, 6) is 0.0718. The van der Waals surface area contributed by atoms with E-state index in [0.29, 0.717) is 26.1 Å². The molecule has 2 amide bonds. The van der Waals surface area contributed by atoms with Crippen molar-refractivity contribution in [2.24, 2.45) is 0 Å². The molecule has 2 aromatic rings. The zero-order valence-corrected chi connectivity index (χ0v) is 19.5. The van der Waals surface area contributed by atoms with Crippen LogP contribution < -0.4 is 0 Å². The SMILES string of the molecule is CCC(=O)N(CC)CC(=O)N(Cc1cccn1Cc1ccccc1Cl)C1CCCCC1. The molecule has 1 aliphatic carbocycles. The van der Waals surface area contributed by atoms with E-state index in [0.717, 1.165) is 42.0 Å². The van der Waals surface area contributed by atoms with Crippen molar-refractivity contribution in [1.29, 1.82) is 0 Å². The molecule has 1 aliphatic rings. The fraction of sp³-hybridized carbons (Fsp3) is 0.520. The number of amides is 2. The Kier molecular flexibility index (Phi) is 8.59. The van der Waals surface area contributed by atoms with Crippen molar-refractivity contribution in [3.63, 3.8) is 0 Å². The highest BCUT2D eigenvalue weighted by Gasteiger charge is 2.28. The van der Waals surface area contributed by atoms with Crippen LogP contribution in [0.15, 0.2) is 42.6 Å². The molecule has 5 nitrogen and oxygen atoms in total. The van der Waals surface area contributed by atoms with E-state index in [9.17, 15) is 9.59 Å². The molecule has 0 spiro atoms. The monoisotopic (exact) mass is 443 g/mol. The van der Waals surface area contributed by atoms with Crippen LogP contribution >= 0.6 is 11.6 Å². The Morgan fingerprint density at radius 3 is 2.45 bits per heavy atom. The van der Waals surface area contributed by atoms with Crippen molar-refractivity contribution in [3.8, 4) is 0 Å². The maximum Gasteiger partial charge on any atom is 0.242 e. The smallest absolute Gasteiger partial charge is 0.242 e. The Labute approximate surface area is 191 Å². The summed E-state index contributed by atoms with van der Waals surface area (Å²) < 4.78 is 2.17. The highest BCUT2D eigenvalue weighted by atomic mass is 35.5. The quantitative estimate of drug-likeness (QED) is 0.540. The number of aromatic nitrogens is 1. The second-order valence-electron chi connectivity index (χ2n) is 8.29. The number of benzene rings is 1. The Bertz CT molecular complexity index is 873. The maximum atomic E-state index is 13.4. The number of rotatable bonds is 9. The third kappa shape index (κ3) is 6.13. The van der Waals surface area contributed by atoms with Crippen LogP contribution in [0.3, 0.4) is 0 Å². The topological polar surface area (TPSA) is 45.6 Å². The summed E-state index contributed by atoms with van der Waals surface area (Å²) in [5, 5.41) is 0.749. The lowest BCUT2D eigenvalue weighted by atomic mass is 9.94. The van der Waals surface area contributed by atoms with E-state index in [1.165, 1.54) is 6.42 Å². The molecule has 0 radical (unpaired) electrons. The minimum absolute atomic E-state index is 0.0292. The number of hydrogen-bond donors (Lipinski definition) is 0. The molecule has 1 fully saturated rings. The molecule has 1 saturated carbocycles. The molecule has 0 aliphatic heterocycles. The summed E-state index contributed by atoms with van der Waals surface area (Å²) in [7, 11) is 0. The second kappa shape index (κ2) is 11.4. The average molecular weight is 444 g/mol. The van der Waals surface area contributed by atoms with Crippen LogP contribution in [0.25, 0.3) is 0 Å². The molecule has 0 saturated heterocycles. The van der Waals surface area contributed by atoms with Gasteiger partial charge in [0.15, 0.2) is 0 Å². The molecular weight excluding hydrogens is 410 g/mol. The minimum Gasteiger partial charge on any atom is -0.345 e. The molecular formula is C25H34ClN3O2. The van der Waals surface area contributed by atoms with Crippen molar-refractivity contribution >= 4 is 23.4 Å². The van der Waals surface area contributed by atoms with Crippen LogP contribution in [0.4, 0.5) is 0 Å². The molecule has 6 heteroatoms. The Balaban J connectivity index is 1.79. The van der Waals surface area contributed by atoms with Crippen molar-refractivity contribution in [2.75, 3.05) is 13.1 Å². The zero-order chi connectivity index (χ0) is 22.2. The van der Waals surface area contributed by atoms with E-state index in [1.54, 1.807) is 4.90 Å². The lowest BCUT2D eigenvalue weighted by Crippen LogP contribution is -2.47. The van der Waals surface area contributed by atoms with E-state index in [-0.39, 0.29) is 24.4 Å². The number of halogens is 1. The van der Waals surface area contributed by atoms with Gasteiger partial charge in [-0.2, -0.15) is 0 Å². The predicted octanol–water partition coefficient (Wildman–Crippen LogP) is 5.11. The number of nitrogens with zero attached hydrogens (tertiary/aromatic N) is 3. The van der Waals surface area contributed by atoms with Gasteiger partial charge in [0.2, 0.25) is 11.8 Å². The summed E-state index contributed by atoms with van der Waals surface area (Å²) in [6.07, 6.45) is 8.07. The van der Waals surface area contributed by atoms with Crippen molar-refractivity contribution < 1.29 is 9.59 Å². The lowest BCUT2D eigenvalue weighted by Gasteiger charge is -2.36. The van der Waals surface area contributed by atoms with Crippen LogP contribution in [0.2, 0.25) is 5.02 Å². The van der Waals surface area contributed by atoms with Gasteiger partial charge in [0.25, 0.3) is 0 Å². The van der Waals surface area contributed by atoms with Gasteiger partial charge < -0.3 is 14.4 Å². The van der Waals surface area contributed by atoms with E-state index in [1.807, 2.05) is 55.3 Å². The van der Waals surface area contributed by atoms with Gasteiger partial charge in [0.1, 0.15) is 0 Å². The first-order valence-electron chi connectivity index (χ1n) is 11.5. The highest BCUT2D eigenvalue weighted by Crippen LogP contribution is 2.25. The Morgan fingerprint density at radius 1 is 1.03 bits per heavy atom. The van der Waals surface area contributed by atoms with Crippen LogP contribution in [0.1, 0.15) is 63.6 Å². The molecule has 1 aromatic carbocycles. The van der Waals surface area contributed by atoms with Gasteiger partial charge in [-0.1, -0.05) is 56.0 Å². The predicted molar refractivity (Wildman–Crippen MR) is 125 cm³/mol. The summed E-state index contributed by atoms with van der Waals surface area (Å²) >= 11 is 6.37. The van der Waals surface area contributed by atoms with Crippen LogP contribution in [0.5, 0.6) is 0 Å².